The zero-order valence-corrected chi connectivity index (χ0v) is 11.5. The van der Waals surface area contributed by atoms with Crippen molar-refractivity contribution in [3.8, 4) is 16.3 Å². The van der Waals surface area contributed by atoms with Gasteiger partial charge in [0.25, 0.3) is 0 Å². The molecule has 0 radical (unpaired) electrons. The van der Waals surface area contributed by atoms with Gasteiger partial charge < -0.3 is 5.73 Å². The predicted molar refractivity (Wildman–Crippen MR) is 79.8 cm³/mol. The predicted octanol–water partition coefficient (Wildman–Crippen LogP) is 2.63. The summed E-state index contributed by atoms with van der Waals surface area (Å²) >= 11 is 1.60. The summed E-state index contributed by atoms with van der Waals surface area (Å²) in [4.78, 5) is 12.3. The molecule has 0 atom stereocenters. The first-order valence-corrected chi connectivity index (χ1v) is 7.08. The number of thiophene rings is 1. The maximum absolute atomic E-state index is 11.2. The minimum atomic E-state index is -0.351. The maximum atomic E-state index is 11.2. The molecular weight excluding hydrogens is 270 g/mol. The first kappa shape index (κ1) is 12.6. The van der Waals surface area contributed by atoms with E-state index in [0.29, 0.717) is 0 Å². The molecule has 2 N–H and O–H groups in total. The van der Waals surface area contributed by atoms with Gasteiger partial charge in [-0.15, -0.1) is 11.3 Å². The molecular formula is C15H13N3OS. The average molecular weight is 283 g/mol. The molecule has 3 aromatic rings. The van der Waals surface area contributed by atoms with E-state index in [1.165, 1.54) is 0 Å². The average Bonchev–Trinajstić information content (AvgIpc) is 3.08. The molecule has 2 aromatic heterocycles. The lowest BCUT2D eigenvalue weighted by molar-refractivity contribution is -0.117. The molecule has 1 aromatic carbocycles. The van der Waals surface area contributed by atoms with Crippen molar-refractivity contribution in [3.63, 3.8) is 0 Å². The van der Waals surface area contributed by atoms with E-state index in [9.17, 15) is 4.79 Å². The molecule has 0 bridgehead atoms. The van der Waals surface area contributed by atoms with Crippen molar-refractivity contribution >= 4 is 17.2 Å². The Labute approximate surface area is 120 Å². The molecule has 0 fully saturated rings. The van der Waals surface area contributed by atoms with Crippen LogP contribution in [0.4, 0.5) is 0 Å². The second-order valence-electron chi connectivity index (χ2n) is 4.40. The Morgan fingerprint density at radius 3 is 2.65 bits per heavy atom. The van der Waals surface area contributed by atoms with Gasteiger partial charge in [0.2, 0.25) is 5.91 Å². The van der Waals surface area contributed by atoms with E-state index < -0.39 is 0 Å². The van der Waals surface area contributed by atoms with Gasteiger partial charge in [0.1, 0.15) is 5.69 Å². The highest BCUT2D eigenvalue weighted by atomic mass is 32.1. The summed E-state index contributed by atoms with van der Waals surface area (Å²) in [6.45, 7) is 0. The van der Waals surface area contributed by atoms with Gasteiger partial charge in [-0.3, -0.25) is 4.79 Å². The fraction of sp³-hybridized carbons (Fsp3) is 0.0667. The summed E-state index contributed by atoms with van der Waals surface area (Å²) in [7, 11) is 0. The highest BCUT2D eigenvalue weighted by molar-refractivity contribution is 7.13. The molecule has 0 aliphatic rings. The van der Waals surface area contributed by atoms with Crippen molar-refractivity contribution in [2.24, 2.45) is 5.73 Å². The summed E-state index contributed by atoms with van der Waals surface area (Å²) in [6.07, 6.45) is 2.06. The molecule has 20 heavy (non-hydrogen) atoms. The maximum Gasteiger partial charge on any atom is 0.221 e. The van der Waals surface area contributed by atoms with Crippen molar-refractivity contribution < 1.29 is 4.79 Å². The molecule has 0 saturated carbocycles. The van der Waals surface area contributed by atoms with Gasteiger partial charge in [0.15, 0.2) is 0 Å². The number of nitrogens with zero attached hydrogens (tertiary/aromatic N) is 2. The van der Waals surface area contributed by atoms with E-state index >= 15 is 0 Å². The number of hydrogen-bond donors (Lipinski definition) is 1. The van der Waals surface area contributed by atoms with Crippen LogP contribution in [0.1, 0.15) is 5.56 Å². The number of nitrogens with two attached hydrogens (primary N) is 1. The zero-order valence-electron chi connectivity index (χ0n) is 10.7. The zero-order chi connectivity index (χ0) is 13.9. The van der Waals surface area contributed by atoms with Crippen LogP contribution >= 0.6 is 11.3 Å². The van der Waals surface area contributed by atoms with Crippen LogP contribution in [-0.4, -0.2) is 15.7 Å². The molecule has 4 nitrogen and oxygen atoms in total. The van der Waals surface area contributed by atoms with Gasteiger partial charge in [0.05, 0.1) is 17.0 Å². The Bertz CT molecular complexity index is 717. The van der Waals surface area contributed by atoms with Gasteiger partial charge in [0, 0.05) is 11.8 Å². The Hall–Kier alpha value is -2.40. The summed E-state index contributed by atoms with van der Waals surface area (Å²) in [6, 6.07) is 13.8. The Morgan fingerprint density at radius 2 is 2.00 bits per heavy atom. The lowest BCUT2D eigenvalue weighted by Gasteiger charge is -1.99. The number of rotatable bonds is 4. The Kier molecular flexibility index (Phi) is 3.35. The summed E-state index contributed by atoms with van der Waals surface area (Å²) in [5.74, 6) is -0.351. The highest BCUT2D eigenvalue weighted by Crippen LogP contribution is 2.27. The van der Waals surface area contributed by atoms with Crippen molar-refractivity contribution in [1.29, 1.82) is 0 Å². The number of primary amides is 1. The second kappa shape index (κ2) is 5.30. The number of para-hydroxylation sites is 1. The van der Waals surface area contributed by atoms with Gasteiger partial charge in [-0.1, -0.05) is 24.3 Å². The summed E-state index contributed by atoms with van der Waals surface area (Å²) < 4.78 is 1.79. The van der Waals surface area contributed by atoms with E-state index in [1.807, 2.05) is 54.0 Å². The van der Waals surface area contributed by atoms with E-state index in [4.69, 9.17) is 5.73 Å². The quantitative estimate of drug-likeness (QED) is 0.800. The third kappa shape index (κ3) is 2.48. The van der Waals surface area contributed by atoms with Crippen molar-refractivity contribution in [2.75, 3.05) is 0 Å². The second-order valence-corrected chi connectivity index (χ2v) is 5.35. The molecule has 0 aliphatic heterocycles. The summed E-state index contributed by atoms with van der Waals surface area (Å²) in [5, 5.41) is 6.59. The van der Waals surface area contributed by atoms with Crippen molar-refractivity contribution in [2.45, 2.75) is 6.42 Å². The number of benzene rings is 1. The van der Waals surface area contributed by atoms with E-state index in [1.54, 1.807) is 16.0 Å². The third-order valence-corrected chi connectivity index (χ3v) is 3.81. The van der Waals surface area contributed by atoms with Gasteiger partial charge >= 0.3 is 0 Å². The fourth-order valence-electron chi connectivity index (χ4n) is 2.06. The SMILES string of the molecule is NC(=O)Cc1cn(-c2ccccc2)nc1-c1cccs1. The number of carbonyl (C=O) groups excluding carboxylic acids is 1. The van der Waals surface area contributed by atoms with Crippen LogP contribution in [0.2, 0.25) is 0 Å². The number of carbonyl (C=O) groups is 1. The number of amides is 1. The van der Waals surface area contributed by atoms with Crippen molar-refractivity contribution in [1.82, 2.24) is 9.78 Å². The molecule has 3 rings (SSSR count). The summed E-state index contributed by atoms with van der Waals surface area (Å²) in [5.41, 5.74) is 7.95. The minimum Gasteiger partial charge on any atom is -0.369 e. The van der Waals surface area contributed by atoms with Gasteiger partial charge in [-0.2, -0.15) is 5.10 Å². The largest absolute Gasteiger partial charge is 0.369 e. The van der Waals surface area contributed by atoms with E-state index in [2.05, 4.69) is 5.10 Å². The van der Waals surface area contributed by atoms with Gasteiger partial charge in [-0.05, 0) is 23.6 Å². The first-order valence-electron chi connectivity index (χ1n) is 6.20. The van der Waals surface area contributed by atoms with Crippen LogP contribution in [0, 0.1) is 0 Å². The van der Waals surface area contributed by atoms with Crippen LogP contribution in [0.15, 0.2) is 54.0 Å². The molecule has 0 unspecified atom stereocenters. The normalized spacial score (nSPS) is 10.6. The molecule has 0 saturated heterocycles. The van der Waals surface area contributed by atoms with Crippen LogP contribution in [-0.2, 0) is 11.2 Å². The van der Waals surface area contributed by atoms with Crippen LogP contribution in [0.25, 0.3) is 16.3 Å². The number of aromatic nitrogens is 2. The highest BCUT2D eigenvalue weighted by Gasteiger charge is 2.14. The smallest absolute Gasteiger partial charge is 0.221 e. The lowest BCUT2D eigenvalue weighted by atomic mass is 10.1. The number of hydrogen-bond acceptors (Lipinski definition) is 3. The topological polar surface area (TPSA) is 60.9 Å². The van der Waals surface area contributed by atoms with Crippen molar-refractivity contribution in [3.05, 3.63) is 59.6 Å². The van der Waals surface area contributed by atoms with Crippen LogP contribution in [0.5, 0.6) is 0 Å². The Balaban J connectivity index is 2.08. The first-order chi connectivity index (χ1) is 9.74. The molecule has 2 heterocycles. The monoisotopic (exact) mass is 283 g/mol. The molecule has 1 amide bonds. The van der Waals surface area contributed by atoms with Crippen LogP contribution < -0.4 is 5.73 Å². The van der Waals surface area contributed by atoms with E-state index in [-0.39, 0.29) is 12.3 Å². The minimum absolute atomic E-state index is 0.195. The van der Waals surface area contributed by atoms with E-state index in [0.717, 1.165) is 21.8 Å². The third-order valence-electron chi connectivity index (χ3n) is 2.93. The molecule has 0 spiro atoms. The molecule has 5 heteroatoms. The fourth-order valence-corrected chi connectivity index (χ4v) is 2.80. The Morgan fingerprint density at radius 1 is 1.20 bits per heavy atom. The molecule has 100 valence electrons. The molecule has 0 aliphatic carbocycles. The lowest BCUT2D eigenvalue weighted by Crippen LogP contribution is -2.13. The van der Waals surface area contributed by atoms with Crippen LogP contribution in [0.3, 0.4) is 0 Å². The standard InChI is InChI=1S/C15H13N3OS/c16-14(19)9-11-10-18(12-5-2-1-3-6-12)17-15(11)13-7-4-8-20-13/h1-8,10H,9H2,(H2,16,19). The van der Waals surface area contributed by atoms with Gasteiger partial charge in [-0.25, -0.2) is 4.68 Å².